The molecule has 0 heterocycles. The van der Waals surface area contributed by atoms with Crippen molar-refractivity contribution >= 4 is 34.4 Å². The third-order valence-corrected chi connectivity index (χ3v) is 3.64. The van der Waals surface area contributed by atoms with Crippen LogP contribution >= 0.6 is 15.9 Å². The van der Waals surface area contributed by atoms with Crippen molar-refractivity contribution in [2.24, 2.45) is 0 Å². The van der Waals surface area contributed by atoms with Crippen LogP contribution in [0.4, 0.5) is 0 Å². The van der Waals surface area contributed by atoms with Crippen LogP contribution in [-0.4, -0.2) is 23.1 Å². The summed E-state index contributed by atoms with van der Waals surface area (Å²) in [5.74, 6) is -0.209. The van der Waals surface area contributed by atoms with Gasteiger partial charge in [-0.05, 0) is 29.2 Å². The van der Waals surface area contributed by atoms with Gasteiger partial charge < -0.3 is 15.4 Å². The molecule has 2 rings (SSSR count). The third-order valence-electron chi connectivity index (χ3n) is 2.87. The molecule has 0 aromatic heterocycles. The highest BCUT2D eigenvalue weighted by Gasteiger charge is 2.12. The minimum Gasteiger partial charge on any atom is -0.423 e. The second-order valence-corrected chi connectivity index (χ2v) is 5.12. The zero-order chi connectivity index (χ0) is 14.5. The van der Waals surface area contributed by atoms with Gasteiger partial charge in [-0.15, -0.1) is 0 Å². The number of hydrogen-bond acceptors (Lipinski definition) is 3. The van der Waals surface area contributed by atoms with E-state index in [-0.39, 0.29) is 5.91 Å². The largest absolute Gasteiger partial charge is 0.488 e. The Kier molecular flexibility index (Phi) is 4.95. The lowest BCUT2D eigenvalue weighted by atomic mass is 9.80. The van der Waals surface area contributed by atoms with E-state index in [0.29, 0.717) is 17.6 Å². The minimum atomic E-state index is -1.52. The van der Waals surface area contributed by atoms with E-state index in [9.17, 15) is 4.79 Å². The number of amides is 1. The van der Waals surface area contributed by atoms with Gasteiger partial charge in [0.15, 0.2) is 0 Å². The quantitative estimate of drug-likeness (QED) is 0.733. The molecule has 0 unspecified atom stereocenters. The lowest BCUT2D eigenvalue weighted by molar-refractivity contribution is 0.0951. The van der Waals surface area contributed by atoms with E-state index in [1.807, 2.05) is 24.3 Å². The van der Waals surface area contributed by atoms with Crippen LogP contribution in [0.25, 0.3) is 0 Å². The molecule has 20 heavy (non-hydrogen) atoms. The van der Waals surface area contributed by atoms with Crippen LogP contribution in [0.15, 0.2) is 53.0 Å². The lowest BCUT2D eigenvalue weighted by Crippen LogP contribution is -2.30. The third kappa shape index (κ3) is 3.69. The topological polar surface area (TPSA) is 69.6 Å². The molecule has 0 bridgehead atoms. The van der Waals surface area contributed by atoms with Gasteiger partial charge in [0.2, 0.25) is 0 Å². The first-order valence-corrected chi connectivity index (χ1v) is 6.85. The summed E-state index contributed by atoms with van der Waals surface area (Å²) >= 11 is 3.42. The predicted molar refractivity (Wildman–Crippen MR) is 81.6 cm³/mol. The molecule has 0 spiro atoms. The number of carbonyl (C=O) groups is 1. The van der Waals surface area contributed by atoms with Crippen molar-refractivity contribution in [1.29, 1.82) is 0 Å². The summed E-state index contributed by atoms with van der Waals surface area (Å²) in [4.78, 5) is 12.0. The Morgan fingerprint density at radius 1 is 1.10 bits per heavy atom. The molecular formula is C14H13BBrNO3. The highest BCUT2D eigenvalue weighted by atomic mass is 79.9. The van der Waals surface area contributed by atoms with Crippen LogP contribution in [0.5, 0.6) is 0 Å². The number of rotatable bonds is 4. The van der Waals surface area contributed by atoms with Crippen LogP contribution in [0, 0.1) is 0 Å². The first-order valence-electron chi connectivity index (χ1n) is 6.05. The van der Waals surface area contributed by atoms with Crippen LogP contribution < -0.4 is 10.8 Å². The van der Waals surface area contributed by atoms with Gasteiger partial charge in [-0.2, -0.15) is 0 Å². The molecule has 0 radical (unpaired) electrons. The summed E-state index contributed by atoms with van der Waals surface area (Å²) in [5, 5.41) is 20.8. The second-order valence-electron chi connectivity index (χ2n) is 4.27. The fraction of sp³-hybridized carbons (Fsp3) is 0.0714. The standard InChI is InChI=1S/C14H13BBrNO3/c16-13-4-2-1-3-11(13)9-17-14(18)10-5-7-12(8-6-10)15(19)20/h1-8,19-20H,9H2,(H,17,18). The second kappa shape index (κ2) is 6.70. The highest BCUT2D eigenvalue weighted by molar-refractivity contribution is 9.10. The molecule has 102 valence electrons. The molecule has 0 atom stereocenters. The minimum absolute atomic E-state index is 0.209. The van der Waals surface area contributed by atoms with Gasteiger partial charge in [0.1, 0.15) is 0 Å². The maximum atomic E-state index is 12.0. The average molecular weight is 334 g/mol. The van der Waals surface area contributed by atoms with Crippen molar-refractivity contribution in [2.45, 2.75) is 6.54 Å². The van der Waals surface area contributed by atoms with E-state index < -0.39 is 7.12 Å². The van der Waals surface area contributed by atoms with E-state index in [0.717, 1.165) is 10.0 Å². The number of halogens is 1. The Hall–Kier alpha value is -1.63. The normalized spacial score (nSPS) is 10.2. The summed E-state index contributed by atoms with van der Waals surface area (Å²) in [7, 11) is -1.52. The van der Waals surface area contributed by atoms with Crippen LogP contribution in [0.2, 0.25) is 0 Å². The van der Waals surface area contributed by atoms with Crippen molar-refractivity contribution in [3.8, 4) is 0 Å². The Balaban J connectivity index is 2.00. The van der Waals surface area contributed by atoms with Crippen LogP contribution in [0.1, 0.15) is 15.9 Å². The van der Waals surface area contributed by atoms with E-state index in [4.69, 9.17) is 10.0 Å². The molecule has 0 saturated heterocycles. The van der Waals surface area contributed by atoms with Crippen molar-refractivity contribution in [3.05, 3.63) is 64.1 Å². The molecule has 0 aliphatic rings. The number of nitrogens with one attached hydrogen (secondary N) is 1. The van der Waals surface area contributed by atoms with Crippen molar-refractivity contribution in [3.63, 3.8) is 0 Å². The van der Waals surface area contributed by atoms with Gasteiger partial charge in [0, 0.05) is 16.6 Å². The molecule has 0 saturated carbocycles. The van der Waals surface area contributed by atoms with Crippen molar-refractivity contribution in [2.75, 3.05) is 0 Å². The summed E-state index contributed by atoms with van der Waals surface area (Å²) < 4.78 is 0.944. The molecule has 2 aromatic carbocycles. The molecule has 6 heteroatoms. The monoisotopic (exact) mass is 333 g/mol. The Morgan fingerprint density at radius 3 is 2.35 bits per heavy atom. The summed E-state index contributed by atoms with van der Waals surface area (Å²) in [5.41, 5.74) is 1.82. The van der Waals surface area contributed by atoms with E-state index in [1.165, 1.54) is 12.1 Å². The molecule has 3 N–H and O–H groups in total. The molecule has 0 fully saturated rings. The summed E-state index contributed by atoms with van der Waals surface area (Å²) in [6.07, 6.45) is 0. The van der Waals surface area contributed by atoms with E-state index in [2.05, 4.69) is 21.2 Å². The molecule has 0 aliphatic carbocycles. The predicted octanol–water partition coefficient (Wildman–Crippen LogP) is 1.06. The first-order chi connectivity index (χ1) is 9.58. The van der Waals surface area contributed by atoms with Gasteiger partial charge in [-0.25, -0.2) is 0 Å². The number of carbonyl (C=O) groups excluding carboxylic acids is 1. The molecule has 0 aliphatic heterocycles. The highest BCUT2D eigenvalue weighted by Crippen LogP contribution is 2.15. The van der Waals surface area contributed by atoms with Crippen LogP contribution in [-0.2, 0) is 6.54 Å². The van der Waals surface area contributed by atoms with Gasteiger partial charge in [0.05, 0.1) is 0 Å². The van der Waals surface area contributed by atoms with E-state index >= 15 is 0 Å². The molecule has 4 nitrogen and oxygen atoms in total. The van der Waals surface area contributed by atoms with E-state index in [1.54, 1.807) is 12.1 Å². The fourth-order valence-corrected chi connectivity index (χ4v) is 2.15. The number of benzene rings is 2. The fourth-order valence-electron chi connectivity index (χ4n) is 1.73. The molecule has 1 amide bonds. The van der Waals surface area contributed by atoms with Gasteiger partial charge in [0.25, 0.3) is 5.91 Å². The van der Waals surface area contributed by atoms with Gasteiger partial charge in [-0.3, -0.25) is 4.79 Å². The van der Waals surface area contributed by atoms with Gasteiger partial charge in [-0.1, -0.05) is 46.3 Å². The maximum absolute atomic E-state index is 12.0. The Morgan fingerprint density at radius 2 is 1.75 bits per heavy atom. The Labute approximate surface area is 125 Å². The SMILES string of the molecule is O=C(NCc1ccccc1Br)c1ccc(B(O)O)cc1. The maximum Gasteiger partial charge on any atom is 0.488 e. The summed E-state index contributed by atoms with van der Waals surface area (Å²) in [6.45, 7) is 0.421. The first kappa shape index (κ1) is 14.8. The van der Waals surface area contributed by atoms with Crippen LogP contribution in [0.3, 0.4) is 0 Å². The molecule has 2 aromatic rings. The Bertz CT molecular complexity index is 602. The summed E-state index contributed by atoms with van der Waals surface area (Å²) in [6, 6.07) is 13.8. The lowest BCUT2D eigenvalue weighted by Gasteiger charge is -2.07. The molecular weight excluding hydrogens is 321 g/mol. The zero-order valence-electron chi connectivity index (χ0n) is 10.6. The zero-order valence-corrected chi connectivity index (χ0v) is 12.2. The average Bonchev–Trinajstić information content (AvgIpc) is 2.46. The number of hydrogen-bond donors (Lipinski definition) is 3. The smallest absolute Gasteiger partial charge is 0.423 e. The van der Waals surface area contributed by atoms with Gasteiger partial charge >= 0.3 is 7.12 Å². The van der Waals surface area contributed by atoms with Crippen molar-refractivity contribution < 1.29 is 14.8 Å². The van der Waals surface area contributed by atoms with Crippen molar-refractivity contribution in [1.82, 2.24) is 5.32 Å².